The van der Waals surface area contributed by atoms with Crippen molar-refractivity contribution in [2.75, 3.05) is 31.6 Å². The number of nitrogens with one attached hydrogen (secondary N) is 1. The van der Waals surface area contributed by atoms with Crippen molar-refractivity contribution >= 4 is 21.6 Å². The molecule has 1 saturated heterocycles. The Morgan fingerprint density at radius 1 is 1.25 bits per heavy atom. The molecule has 1 aromatic rings. The molecule has 0 aromatic heterocycles. The molecule has 0 aliphatic carbocycles. The third-order valence-electron chi connectivity index (χ3n) is 2.92. The number of amides is 1. The van der Waals surface area contributed by atoms with Crippen molar-refractivity contribution in [3.05, 3.63) is 36.9 Å². The van der Waals surface area contributed by atoms with E-state index in [4.69, 9.17) is 4.74 Å². The Kier molecular flexibility index (Phi) is 4.53. The number of rotatable bonds is 4. The van der Waals surface area contributed by atoms with Gasteiger partial charge in [-0.1, -0.05) is 6.58 Å². The van der Waals surface area contributed by atoms with Gasteiger partial charge in [-0.25, -0.2) is 8.42 Å². The number of carbonyl (C=O) groups excluding carboxylic acids is 1. The maximum atomic E-state index is 12.3. The number of nitrogens with zero attached hydrogens (tertiary/aromatic N) is 1. The molecule has 108 valence electrons. The van der Waals surface area contributed by atoms with Gasteiger partial charge in [-0.05, 0) is 30.3 Å². The Bertz CT molecular complexity index is 589. The molecule has 1 aliphatic rings. The number of hydrogen-bond acceptors (Lipinski definition) is 4. The highest BCUT2D eigenvalue weighted by Gasteiger charge is 2.25. The second kappa shape index (κ2) is 6.17. The van der Waals surface area contributed by atoms with Gasteiger partial charge in [0.2, 0.25) is 15.9 Å². The van der Waals surface area contributed by atoms with Crippen molar-refractivity contribution in [1.82, 2.24) is 4.31 Å². The van der Waals surface area contributed by atoms with Gasteiger partial charge in [0.05, 0.1) is 18.1 Å². The predicted octanol–water partition coefficient (Wildman–Crippen LogP) is 0.832. The fourth-order valence-electron chi connectivity index (χ4n) is 1.84. The van der Waals surface area contributed by atoms with Crippen molar-refractivity contribution in [3.8, 4) is 0 Å². The summed E-state index contributed by atoms with van der Waals surface area (Å²) in [6.07, 6.45) is 1.15. The van der Waals surface area contributed by atoms with Gasteiger partial charge < -0.3 is 10.1 Å². The first-order valence-electron chi connectivity index (χ1n) is 6.15. The van der Waals surface area contributed by atoms with Crippen LogP contribution in [0.3, 0.4) is 0 Å². The maximum absolute atomic E-state index is 12.3. The molecule has 0 unspecified atom stereocenters. The van der Waals surface area contributed by atoms with Gasteiger partial charge in [-0.3, -0.25) is 4.79 Å². The first-order valence-corrected chi connectivity index (χ1v) is 7.59. The summed E-state index contributed by atoms with van der Waals surface area (Å²) in [6.45, 7) is 4.88. The minimum Gasteiger partial charge on any atom is -0.379 e. The molecule has 0 saturated carbocycles. The van der Waals surface area contributed by atoms with E-state index in [1.807, 2.05) is 0 Å². The zero-order valence-electron chi connectivity index (χ0n) is 10.9. The van der Waals surface area contributed by atoms with Crippen LogP contribution in [0.2, 0.25) is 0 Å². The standard InChI is InChI=1S/C13H16N2O4S/c1-2-13(16)14-11-3-5-12(6-4-11)20(17,18)15-7-9-19-10-8-15/h2-6H,1,7-10H2,(H,14,16). The molecule has 1 aliphatic heterocycles. The molecular weight excluding hydrogens is 280 g/mol. The van der Waals surface area contributed by atoms with Crippen molar-refractivity contribution in [2.24, 2.45) is 0 Å². The minimum absolute atomic E-state index is 0.205. The zero-order chi connectivity index (χ0) is 14.6. The minimum atomic E-state index is -3.49. The fraction of sp³-hybridized carbons (Fsp3) is 0.308. The number of carbonyl (C=O) groups is 1. The van der Waals surface area contributed by atoms with Crippen LogP contribution in [0.1, 0.15) is 0 Å². The molecule has 1 fully saturated rings. The molecule has 1 aromatic carbocycles. The fourth-order valence-corrected chi connectivity index (χ4v) is 3.25. The third-order valence-corrected chi connectivity index (χ3v) is 4.83. The summed E-state index contributed by atoms with van der Waals surface area (Å²) >= 11 is 0. The van der Waals surface area contributed by atoms with Gasteiger partial charge in [0, 0.05) is 18.8 Å². The number of anilines is 1. The molecule has 0 radical (unpaired) electrons. The molecule has 7 heteroatoms. The van der Waals surface area contributed by atoms with Crippen molar-refractivity contribution in [3.63, 3.8) is 0 Å². The molecule has 2 rings (SSSR count). The molecular formula is C13H16N2O4S. The highest BCUT2D eigenvalue weighted by molar-refractivity contribution is 7.89. The highest BCUT2D eigenvalue weighted by Crippen LogP contribution is 2.19. The van der Waals surface area contributed by atoms with Gasteiger partial charge in [-0.2, -0.15) is 4.31 Å². The third kappa shape index (κ3) is 3.24. The topological polar surface area (TPSA) is 75.7 Å². The van der Waals surface area contributed by atoms with E-state index in [-0.39, 0.29) is 10.8 Å². The Labute approximate surface area is 118 Å². The van der Waals surface area contributed by atoms with Crippen LogP contribution in [0.4, 0.5) is 5.69 Å². The predicted molar refractivity (Wildman–Crippen MR) is 74.8 cm³/mol. The van der Waals surface area contributed by atoms with Gasteiger partial charge in [0.25, 0.3) is 0 Å². The average Bonchev–Trinajstić information content (AvgIpc) is 2.48. The van der Waals surface area contributed by atoms with Crippen LogP contribution < -0.4 is 5.32 Å². The lowest BCUT2D eigenvalue weighted by atomic mass is 10.3. The number of morpholine rings is 1. The lowest BCUT2D eigenvalue weighted by Crippen LogP contribution is -2.40. The van der Waals surface area contributed by atoms with E-state index in [0.717, 1.165) is 6.08 Å². The number of benzene rings is 1. The van der Waals surface area contributed by atoms with Gasteiger partial charge in [0.1, 0.15) is 0 Å². The van der Waals surface area contributed by atoms with Crippen molar-refractivity contribution < 1.29 is 17.9 Å². The van der Waals surface area contributed by atoms with E-state index in [1.54, 1.807) is 12.1 Å². The van der Waals surface area contributed by atoms with E-state index in [0.29, 0.717) is 32.0 Å². The van der Waals surface area contributed by atoms with Crippen LogP contribution >= 0.6 is 0 Å². The van der Waals surface area contributed by atoms with Crippen molar-refractivity contribution in [1.29, 1.82) is 0 Å². The molecule has 6 nitrogen and oxygen atoms in total. The summed E-state index contributed by atoms with van der Waals surface area (Å²) in [7, 11) is -3.49. The van der Waals surface area contributed by atoms with Gasteiger partial charge in [-0.15, -0.1) is 0 Å². The number of ether oxygens (including phenoxy) is 1. The second-order valence-corrected chi connectivity index (χ2v) is 6.17. The Hall–Kier alpha value is -1.70. The quantitative estimate of drug-likeness (QED) is 0.835. The first-order chi connectivity index (χ1) is 9.54. The van der Waals surface area contributed by atoms with Crippen LogP contribution in [0.5, 0.6) is 0 Å². The lowest BCUT2D eigenvalue weighted by molar-refractivity contribution is -0.111. The largest absolute Gasteiger partial charge is 0.379 e. The van der Waals surface area contributed by atoms with E-state index in [9.17, 15) is 13.2 Å². The van der Waals surface area contributed by atoms with Crippen LogP contribution in [-0.4, -0.2) is 44.9 Å². The average molecular weight is 296 g/mol. The Morgan fingerprint density at radius 2 is 1.85 bits per heavy atom. The van der Waals surface area contributed by atoms with Gasteiger partial charge in [0.15, 0.2) is 0 Å². The van der Waals surface area contributed by atoms with Crippen LogP contribution in [0.15, 0.2) is 41.8 Å². The van der Waals surface area contributed by atoms with Crippen LogP contribution in [-0.2, 0) is 19.6 Å². The molecule has 1 N–H and O–H groups in total. The summed E-state index contributed by atoms with van der Waals surface area (Å²) in [6, 6.07) is 6.05. The number of hydrogen-bond donors (Lipinski definition) is 1. The normalized spacial score (nSPS) is 16.6. The second-order valence-electron chi connectivity index (χ2n) is 4.23. The van der Waals surface area contributed by atoms with Crippen LogP contribution in [0.25, 0.3) is 0 Å². The monoisotopic (exact) mass is 296 g/mol. The Balaban J connectivity index is 2.16. The zero-order valence-corrected chi connectivity index (χ0v) is 11.7. The summed E-state index contributed by atoms with van der Waals surface area (Å²) in [5.74, 6) is -0.339. The van der Waals surface area contributed by atoms with Gasteiger partial charge >= 0.3 is 0 Å². The molecule has 0 atom stereocenters. The van der Waals surface area contributed by atoms with Crippen LogP contribution in [0, 0.1) is 0 Å². The molecule has 0 spiro atoms. The molecule has 1 heterocycles. The van der Waals surface area contributed by atoms with E-state index in [1.165, 1.54) is 16.4 Å². The first kappa shape index (κ1) is 14.7. The summed E-state index contributed by atoms with van der Waals surface area (Å²) in [5.41, 5.74) is 0.524. The summed E-state index contributed by atoms with van der Waals surface area (Å²) in [4.78, 5) is 11.3. The maximum Gasteiger partial charge on any atom is 0.247 e. The molecule has 1 amide bonds. The Morgan fingerprint density at radius 3 is 2.40 bits per heavy atom. The SMILES string of the molecule is C=CC(=O)Nc1ccc(S(=O)(=O)N2CCOCC2)cc1. The summed E-state index contributed by atoms with van der Waals surface area (Å²) in [5, 5.41) is 2.56. The number of sulfonamides is 1. The highest BCUT2D eigenvalue weighted by atomic mass is 32.2. The lowest BCUT2D eigenvalue weighted by Gasteiger charge is -2.26. The molecule has 0 bridgehead atoms. The summed E-state index contributed by atoms with van der Waals surface area (Å²) < 4.78 is 31.2. The van der Waals surface area contributed by atoms with E-state index >= 15 is 0 Å². The smallest absolute Gasteiger partial charge is 0.247 e. The van der Waals surface area contributed by atoms with E-state index < -0.39 is 10.0 Å². The van der Waals surface area contributed by atoms with E-state index in [2.05, 4.69) is 11.9 Å². The van der Waals surface area contributed by atoms with Crippen molar-refractivity contribution in [2.45, 2.75) is 4.90 Å². The molecule has 20 heavy (non-hydrogen) atoms.